The van der Waals surface area contributed by atoms with Gasteiger partial charge in [-0.25, -0.2) is 22.3 Å². The third-order valence-electron chi connectivity index (χ3n) is 2.71. The third kappa shape index (κ3) is 7.01. The van der Waals surface area contributed by atoms with Crippen molar-refractivity contribution in [3.05, 3.63) is 34.4 Å². The number of halogens is 1. The number of hydrogen-bond acceptors (Lipinski definition) is 6. The fraction of sp³-hybridized carbons (Fsp3) is 0.500. The number of carbonyl (C=O) groups excluding carboxylic acids is 1. The quantitative estimate of drug-likeness (QED) is 0.550. The Morgan fingerprint density at radius 3 is 2.48 bits per heavy atom. The molecule has 11 heteroatoms. The molecule has 0 saturated heterocycles. The van der Waals surface area contributed by atoms with Crippen LogP contribution in [0, 0.1) is 10.1 Å². The Kier molecular flexibility index (Phi) is 6.82. The number of rotatable bonds is 7. The number of sulfonamides is 1. The molecule has 0 aliphatic rings. The predicted molar refractivity (Wildman–Crippen MR) is 87.4 cm³/mol. The summed E-state index contributed by atoms with van der Waals surface area (Å²) in [5.74, 6) is 0. The lowest BCUT2D eigenvalue weighted by atomic mass is 10.2. The van der Waals surface area contributed by atoms with Gasteiger partial charge in [0.2, 0.25) is 10.0 Å². The number of para-hydroxylation sites is 1. The summed E-state index contributed by atoms with van der Waals surface area (Å²) < 4.78 is 44.8. The van der Waals surface area contributed by atoms with Gasteiger partial charge < -0.3 is 10.1 Å². The zero-order chi connectivity index (χ0) is 19.3. The van der Waals surface area contributed by atoms with E-state index in [0.29, 0.717) is 0 Å². The van der Waals surface area contributed by atoms with Crippen LogP contribution >= 0.6 is 0 Å². The molecule has 0 radical (unpaired) electrons. The number of nitrogens with one attached hydrogen (secondary N) is 2. The smallest absolute Gasteiger partial charge is 0.407 e. The van der Waals surface area contributed by atoms with Crippen LogP contribution in [-0.2, 0) is 14.8 Å². The van der Waals surface area contributed by atoms with Gasteiger partial charge >= 0.3 is 6.09 Å². The molecule has 9 nitrogen and oxygen atoms in total. The highest BCUT2D eigenvalue weighted by molar-refractivity contribution is 7.89. The van der Waals surface area contributed by atoms with Crippen LogP contribution in [-0.4, -0.2) is 44.3 Å². The molecule has 0 fully saturated rings. The molecule has 0 saturated carbocycles. The molecule has 1 atom stereocenters. The van der Waals surface area contributed by atoms with Crippen molar-refractivity contribution >= 4 is 21.8 Å². The Hall–Kier alpha value is -2.27. The lowest BCUT2D eigenvalue weighted by Crippen LogP contribution is -2.40. The third-order valence-corrected chi connectivity index (χ3v) is 4.18. The highest BCUT2D eigenvalue weighted by Gasteiger charge is 2.26. The minimum absolute atomic E-state index is 0.478. The maximum absolute atomic E-state index is 13.8. The normalized spacial score (nSPS) is 13.1. The van der Waals surface area contributed by atoms with Crippen LogP contribution in [0.2, 0.25) is 0 Å². The van der Waals surface area contributed by atoms with E-state index in [1.165, 1.54) is 12.1 Å². The molecular weight excluding hydrogens is 357 g/mol. The van der Waals surface area contributed by atoms with E-state index in [4.69, 9.17) is 4.74 Å². The van der Waals surface area contributed by atoms with Crippen molar-refractivity contribution in [1.82, 2.24) is 10.0 Å². The first kappa shape index (κ1) is 20.8. The van der Waals surface area contributed by atoms with Crippen molar-refractivity contribution in [1.29, 1.82) is 0 Å². The number of ether oxygens (including phenoxy) is 1. The molecule has 25 heavy (non-hydrogen) atoms. The van der Waals surface area contributed by atoms with Gasteiger partial charge in [0.1, 0.15) is 11.8 Å². The Balaban J connectivity index is 2.62. The van der Waals surface area contributed by atoms with E-state index >= 15 is 0 Å². The van der Waals surface area contributed by atoms with E-state index in [1.54, 1.807) is 20.8 Å². The van der Waals surface area contributed by atoms with Gasteiger partial charge in [0.15, 0.2) is 4.90 Å². The summed E-state index contributed by atoms with van der Waals surface area (Å²) in [7, 11) is -4.27. The number of carbonyl (C=O) groups is 1. The van der Waals surface area contributed by atoms with Crippen molar-refractivity contribution in [2.75, 3.05) is 13.1 Å². The molecule has 0 aromatic heterocycles. The fourth-order valence-electron chi connectivity index (χ4n) is 1.69. The highest BCUT2D eigenvalue weighted by atomic mass is 32.2. The number of nitrogens with zero attached hydrogens (tertiary/aromatic N) is 1. The first-order valence-corrected chi connectivity index (χ1v) is 8.75. The predicted octanol–water partition coefficient (Wildman–Crippen LogP) is 1.74. The molecule has 1 unspecified atom stereocenters. The molecule has 2 N–H and O–H groups in total. The van der Waals surface area contributed by atoms with Gasteiger partial charge in [0.25, 0.3) is 5.69 Å². The summed E-state index contributed by atoms with van der Waals surface area (Å²) in [6.45, 7) is 3.78. The Labute approximate surface area is 144 Å². The molecule has 140 valence electrons. The average Bonchev–Trinajstić information content (AvgIpc) is 2.49. The summed E-state index contributed by atoms with van der Waals surface area (Å²) in [4.78, 5) is 20.9. The minimum atomic E-state index is -4.27. The summed E-state index contributed by atoms with van der Waals surface area (Å²) >= 11 is 0. The summed E-state index contributed by atoms with van der Waals surface area (Å²) in [6, 6.07) is 4.72. The summed E-state index contributed by atoms with van der Waals surface area (Å²) in [5.41, 5.74) is -1.36. The van der Waals surface area contributed by atoms with E-state index in [9.17, 15) is 27.7 Å². The molecular formula is C14H20FN3O6S. The largest absolute Gasteiger partial charge is 0.444 e. The summed E-state index contributed by atoms with van der Waals surface area (Å²) in [6.07, 6.45) is -2.58. The van der Waals surface area contributed by atoms with Gasteiger partial charge in [-0.2, -0.15) is 0 Å². The van der Waals surface area contributed by atoms with Gasteiger partial charge in [0.05, 0.1) is 11.5 Å². The minimum Gasteiger partial charge on any atom is -0.444 e. The second-order valence-corrected chi connectivity index (χ2v) is 7.79. The van der Waals surface area contributed by atoms with E-state index in [1.807, 2.05) is 4.72 Å². The fourth-order valence-corrected chi connectivity index (χ4v) is 2.92. The number of alkyl halides is 1. The topological polar surface area (TPSA) is 128 Å². The van der Waals surface area contributed by atoms with Crippen molar-refractivity contribution in [3.63, 3.8) is 0 Å². The average molecular weight is 377 g/mol. The standard InChI is InChI=1S/C14H20FN3O6S/c1-14(2,3)24-13(19)16-8-10(15)9-17-25(22,23)12-7-5-4-6-11(12)18(20)21/h4-7,10,17H,8-9H2,1-3H3,(H,16,19). The first-order valence-electron chi connectivity index (χ1n) is 7.26. The molecule has 1 aromatic carbocycles. The van der Waals surface area contributed by atoms with E-state index in [-0.39, 0.29) is 0 Å². The zero-order valence-electron chi connectivity index (χ0n) is 14.0. The molecule has 0 aliphatic heterocycles. The second-order valence-electron chi connectivity index (χ2n) is 6.06. The van der Waals surface area contributed by atoms with Crippen molar-refractivity contribution in [3.8, 4) is 0 Å². The monoisotopic (exact) mass is 377 g/mol. The van der Waals surface area contributed by atoms with Crippen molar-refractivity contribution in [2.24, 2.45) is 0 Å². The Bertz CT molecular complexity index is 732. The molecule has 1 aromatic rings. The number of nitro benzene ring substituents is 1. The Morgan fingerprint density at radius 2 is 1.92 bits per heavy atom. The SMILES string of the molecule is CC(C)(C)OC(=O)NCC(F)CNS(=O)(=O)c1ccccc1[N+](=O)[O-]. The van der Waals surface area contributed by atoms with Crippen molar-refractivity contribution in [2.45, 2.75) is 37.4 Å². The van der Waals surface area contributed by atoms with Crippen LogP contribution < -0.4 is 10.0 Å². The van der Waals surface area contributed by atoms with Gasteiger partial charge in [-0.3, -0.25) is 10.1 Å². The van der Waals surface area contributed by atoms with Crippen LogP contribution in [0.3, 0.4) is 0 Å². The van der Waals surface area contributed by atoms with Crippen LogP contribution in [0.5, 0.6) is 0 Å². The van der Waals surface area contributed by atoms with E-state index < -0.39 is 56.5 Å². The molecule has 1 amide bonds. The first-order chi connectivity index (χ1) is 11.4. The van der Waals surface area contributed by atoms with E-state index in [0.717, 1.165) is 12.1 Å². The lowest BCUT2D eigenvalue weighted by Gasteiger charge is -2.20. The van der Waals surface area contributed by atoms with Crippen molar-refractivity contribution < 1.29 is 27.3 Å². The van der Waals surface area contributed by atoms with Crippen LogP contribution in [0.15, 0.2) is 29.2 Å². The molecule has 0 bridgehead atoms. The van der Waals surface area contributed by atoms with Crippen LogP contribution in [0.25, 0.3) is 0 Å². The highest BCUT2D eigenvalue weighted by Crippen LogP contribution is 2.22. The number of hydrogen-bond donors (Lipinski definition) is 2. The molecule has 0 spiro atoms. The van der Waals surface area contributed by atoms with Gasteiger partial charge in [-0.15, -0.1) is 0 Å². The van der Waals surface area contributed by atoms with Crippen LogP contribution in [0.4, 0.5) is 14.9 Å². The molecule has 1 rings (SSSR count). The Morgan fingerprint density at radius 1 is 1.32 bits per heavy atom. The lowest BCUT2D eigenvalue weighted by molar-refractivity contribution is -0.387. The van der Waals surface area contributed by atoms with Crippen LogP contribution in [0.1, 0.15) is 20.8 Å². The molecule has 0 heterocycles. The van der Waals surface area contributed by atoms with E-state index in [2.05, 4.69) is 5.32 Å². The summed E-state index contributed by atoms with van der Waals surface area (Å²) in [5, 5.41) is 13.0. The molecule has 0 aliphatic carbocycles. The second kappa shape index (κ2) is 8.21. The maximum Gasteiger partial charge on any atom is 0.407 e. The number of alkyl carbamates (subject to hydrolysis) is 1. The zero-order valence-corrected chi connectivity index (χ0v) is 14.8. The number of nitro groups is 1. The van der Waals surface area contributed by atoms with Gasteiger partial charge in [0, 0.05) is 12.6 Å². The number of benzene rings is 1. The van der Waals surface area contributed by atoms with Gasteiger partial charge in [-0.1, -0.05) is 12.1 Å². The number of amides is 1. The van der Waals surface area contributed by atoms with Gasteiger partial charge in [-0.05, 0) is 26.8 Å². The maximum atomic E-state index is 13.8.